The van der Waals surface area contributed by atoms with Gasteiger partial charge in [0.05, 0.1) is 11.6 Å². The molecule has 0 radical (unpaired) electrons. The maximum atomic E-state index is 13.1. The predicted molar refractivity (Wildman–Crippen MR) is 103 cm³/mol. The average Bonchev–Trinajstić information content (AvgIpc) is 2.61. The largest absolute Gasteiger partial charge is 0.354 e. The first-order valence-corrected chi connectivity index (χ1v) is 8.97. The Bertz CT molecular complexity index is 953. The maximum Gasteiger partial charge on any atom is 0.179 e. The molecular formula is C23H23NO3. The number of nitriles is 1. The van der Waals surface area contributed by atoms with E-state index in [0.29, 0.717) is 11.1 Å². The number of ketones is 2. The van der Waals surface area contributed by atoms with Crippen molar-refractivity contribution in [3.63, 3.8) is 0 Å². The van der Waals surface area contributed by atoms with Crippen LogP contribution in [0.15, 0.2) is 42.5 Å². The first-order valence-electron chi connectivity index (χ1n) is 8.97. The summed E-state index contributed by atoms with van der Waals surface area (Å²) >= 11 is 0. The van der Waals surface area contributed by atoms with Gasteiger partial charge in [-0.05, 0) is 75.1 Å². The third-order valence-electron chi connectivity index (χ3n) is 5.14. The highest BCUT2D eigenvalue weighted by Gasteiger charge is 2.53. The lowest BCUT2D eigenvalue weighted by atomic mass is 9.73. The Balaban J connectivity index is 2.15. The van der Waals surface area contributed by atoms with Crippen LogP contribution in [0.1, 0.15) is 50.3 Å². The SMILES string of the molecule is Cc1ccc(-c2cccc(C#N)c2)cc1C1C(=O)C(C)(C)OC(C)(C)C1=O. The lowest BCUT2D eigenvalue weighted by Crippen LogP contribution is -2.58. The first kappa shape index (κ1) is 19.0. The molecule has 1 aliphatic rings. The Hall–Kier alpha value is -2.77. The Morgan fingerprint density at radius 2 is 1.52 bits per heavy atom. The number of benzene rings is 2. The van der Waals surface area contributed by atoms with Crippen molar-refractivity contribution < 1.29 is 14.3 Å². The molecule has 2 aromatic rings. The van der Waals surface area contributed by atoms with Gasteiger partial charge < -0.3 is 4.74 Å². The van der Waals surface area contributed by atoms with Crippen molar-refractivity contribution in [1.29, 1.82) is 5.26 Å². The molecule has 0 atom stereocenters. The van der Waals surface area contributed by atoms with E-state index in [2.05, 4.69) is 6.07 Å². The molecule has 27 heavy (non-hydrogen) atoms. The van der Waals surface area contributed by atoms with Crippen molar-refractivity contribution in [3.05, 3.63) is 59.2 Å². The summed E-state index contributed by atoms with van der Waals surface area (Å²) in [4.78, 5) is 26.1. The molecule has 0 N–H and O–H groups in total. The second-order valence-corrected chi connectivity index (χ2v) is 8.05. The van der Waals surface area contributed by atoms with Gasteiger partial charge in [0.15, 0.2) is 11.6 Å². The lowest BCUT2D eigenvalue weighted by Gasteiger charge is -2.43. The van der Waals surface area contributed by atoms with Crippen molar-refractivity contribution in [3.8, 4) is 17.2 Å². The highest BCUT2D eigenvalue weighted by molar-refractivity contribution is 6.15. The zero-order valence-corrected chi connectivity index (χ0v) is 16.3. The van der Waals surface area contributed by atoms with Crippen LogP contribution in [0.2, 0.25) is 0 Å². The summed E-state index contributed by atoms with van der Waals surface area (Å²) in [5.41, 5.74) is 1.83. The molecule has 0 bridgehead atoms. The molecule has 0 unspecified atom stereocenters. The van der Waals surface area contributed by atoms with Crippen LogP contribution in [-0.2, 0) is 14.3 Å². The molecule has 2 aromatic carbocycles. The van der Waals surface area contributed by atoms with Gasteiger partial charge in [-0.3, -0.25) is 9.59 Å². The molecule has 0 saturated carbocycles. The number of aryl methyl sites for hydroxylation is 1. The minimum absolute atomic E-state index is 0.224. The third-order valence-corrected chi connectivity index (χ3v) is 5.14. The lowest BCUT2D eigenvalue weighted by molar-refractivity contribution is -0.184. The van der Waals surface area contributed by atoms with E-state index in [1.165, 1.54) is 0 Å². The van der Waals surface area contributed by atoms with Crippen LogP contribution >= 0.6 is 0 Å². The third kappa shape index (κ3) is 3.31. The maximum absolute atomic E-state index is 13.1. The summed E-state index contributed by atoms with van der Waals surface area (Å²) in [6, 6.07) is 15.2. The number of Topliss-reactive ketones (excluding diaryl/α,β-unsaturated/α-hetero) is 2. The number of nitrogens with zero attached hydrogens (tertiary/aromatic N) is 1. The van der Waals surface area contributed by atoms with E-state index in [0.717, 1.165) is 16.7 Å². The fourth-order valence-electron chi connectivity index (χ4n) is 3.73. The fraction of sp³-hybridized carbons (Fsp3) is 0.348. The van der Waals surface area contributed by atoms with E-state index in [1.807, 2.05) is 37.3 Å². The van der Waals surface area contributed by atoms with Crippen LogP contribution in [-0.4, -0.2) is 22.8 Å². The summed E-state index contributed by atoms with van der Waals surface area (Å²) < 4.78 is 5.79. The van der Waals surface area contributed by atoms with E-state index in [1.54, 1.807) is 39.8 Å². The van der Waals surface area contributed by atoms with Gasteiger partial charge in [-0.15, -0.1) is 0 Å². The predicted octanol–water partition coefficient (Wildman–Crippen LogP) is 4.34. The normalized spacial score (nSPS) is 19.0. The smallest absolute Gasteiger partial charge is 0.179 e. The summed E-state index contributed by atoms with van der Waals surface area (Å²) in [5.74, 6) is -1.31. The average molecular weight is 361 g/mol. The standard InChI is InChI=1S/C23H23NO3/c1-14-9-10-17(16-8-6-7-15(11-16)13-24)12-18(14)19-20(25)22(2,3)27-23(4,5)21(19)26/h6-12,19H,1-5H3. The van der Waals surface area contributed by atoms with Crippen LogP contribution in [0.5, 0.6) is 0 Å². The van der Waals surface area contributed by atoms with E-state index in [9.17, 15) is 9.59 Å². The zero-order chi connectivity index (χ0) is 20.0. The first-order chi connectivity index (χ1) is 12.6. The molecular weight excluding hydrogens is 338 g/mol. The zero-order valence-electron chi connectivity index (χ0n) is 16.3. The summed E-state index contributed by atoms with van der Waals surface area (Å²) in [6.45, 7) is 8.76. The summed E-state index contributed by atoms with van der Waals surface area (Å²) in [6.07, 6.45) is 0. The Kier molecular flexibility index (Phi) is 4.53. The van der Waals surface area contributed by atoms with Crippen LogP contribution in [0, 0.1) is 18.3 Å². The van der Waals surface area contributed by atoms with Crippen LogP contribution < -0.4 is 0 Å². The Labute approximate surface area is 159 Å². The molecule has 1 saturated heterocycles. The molecule has 0 amide bonds. The van der Waals surface area contributed by atoms with Crippen molar-refractivity contribution in [1.82, 2.24) is 0 Å². The quantitative estimate of drug-likeness (QED) is 0.746. The molecule has 1 fully saturated rings. The Morgan fingerprint density at radius 3 is 2.11 bits per heavy atom. The molecule has 4 nitrogen and oxygen atoms in total. The molecule has 0 spiro atoms. The van der Waals surface area contributed by atoms with Gasteiger partial charge in [-0.1, -0.05) is 24.3 Å². The summed E-state index contributed by atoms with van der Waals surface area (Å²) in [7, 11) is 0. The topological polar surface area (TPSA) is 67.2 Å². The second kappa shape index (κ2) is 6.44. The van der Waals surface area contributed by atoms with Crippen molar-refractivity contribution in [2.24, 2.45) is 0 Å². The highest BCUT2D eigenvalue weighted by Crippen LogP contribution is 2.40. The van der Waals surface area contributed by atoms with Crippen molar-refractivity contribution in [2.75, 3.05) is 0 Å². The summed E-state index contributed by atoms with van der Waals surface area (Å²) in [5, 5.41) is 9.14. The van der Waals surface area contributed by atoms with Gasteiger partial charge in [0, 0.05) is 0 Å². The van der Waals surface area contributed by atoms with Crippen molar-refractivity contribution >= 4 is 11.6 Å². The number of hydrogen-bond donors (Lipinski definition) is 0. The van der Waals surface area contributed by atoms with Crippen LogP contribution in [0.25, 0.3) is 11.1 Å². The Morgan fingerprint density at radius 1 is 0.926 bits per heavy atom. The molecule has 138 valence electrons. The van der Waals surface area contributed by atoms with Crippen molar-refractivity contribution in [2.45, 2.75) is 51.7 Å². The van der Waals surface area contributed by atoms with E-state index >= 15 is 0 Å². The molecule has 1 heterocycles. The van der Waals surface area contributed by atoms with Gasteiger partial charge in [-0.25, -0.2) is 0 Å². The second-order valence-electron chi connectivity index (χ2n) is 8.05. The minimum atomic E-state index is -1.04. The van der Waals surface area contributed by atoms with Gasteiger partial charge in [-0.2, -0.15) is 5.26 Å². The van der Waals surface area contributed by atoms with Gasteiger partial charge in [0.25, 0.3) is 0 Å². The van der Waals surface area contributed by atoms with Gasteiger partial charge >= 0.3 is 0 Å². The van der Waals surface area contributed by atoms with Crippen LogP contribution in [0.3, 0.4) is 0 Å². The number of rotatable bonds is 2. The van der Waals surface area contributed by atoms with Gasteiger partial charge in [0.1, 0.15) is 17.1 Å². The van der Waals surface area contributed by atoms with Crippen LogP contribution in [0.4, 0.5) is 0 Å². The molecule has 0 aliphatic carbocycles. The molecule has 3 rings (SSSR count). The minimum Gasteiger partial charge on any atom is -0.354 e. The van der Waals surface area contributed by atoms with E-state index in [-0.39, 0.29) is 11.6 Å². The van der Waals surface area contributed by atoms with Gasteiger partial charge in [0.2, 0.25) is 0 Å². The fourth-order valence-corrected chi connectivity index (χ4v) is 3.73. The number of ether oxygens (including phenoxy) is 1. The number of hydrogen-bond acceptors (Lipinski definition) is 4. The number of carbonyl (C=O) groups is 2. The highest BCUT2D eigenvalue weighted by atomic mass is 16.5. The monoisotopic (exact) mass is 361 g/mol. The van der Waals surface area contributed by atoms with E-state index < -0.39 is 17.1 Å². The molecule has 0 aromatic heterocycles. The molecule has 4 heteroatoms. The number of carbonyl (C=O) groups excluding carboxylic acids is 2. The van der Waals surface area contributed by atoms with E-state index in [4.69, 9.17) is 10.00 Å². The molecule has 1 aliphatic heterocycles.